The summed E-state index contributed by atoms with van der Waals surface area (Å²) in [6.07, 6.45) is 1.82. The molecule has 1 fully saturated rings. The molecule has 3 aromatic carbocycles. The number of aryl methyl sites for hydroxylation is 1. The minimum atomic E-state index is -0.107. The van der Waals surface area contributed by atoms with E-state index in [4.69, 9.17) is 0 Å². The molecule has 0 spiro atoms. The summed E-state index contributed by atoms with van der Waals surface area (Å²) < 4.78 is 0. The maximum Gasteiger partial charge on any atom is 0.223 e. The highest BCUT2D eigenvalue weighted by Gasteiger charge is 2.27. The summed E-state index contributed by atoms with van der Waals surface area (Å²) in [5.41, 5.74) is 4.96. The van der Waals surface area contributed by atoms with Crippen molar-refractivity contribution >= 4 is 5.91 Å². The minimum absolute atomic E-state index is 0.0769. The summed E-state index contributed by atoms with van der Waals surface area (Å²) in [5, 5.41) is 3.34. The van der Waals surface area contributed by atoms with Crippen molar-refractivity contribution in [2.75, 3.05) is 13.1 Å². The van der Waals surface area contributed by atoms with Gasteiger partial charge in [-0.15, -0.1) is 0 Å². The smallest absolute Gasteiger partial charge is 0.223 e. The SMILES string of the molecule is Cc1ccccc1CN1CCC(C(=O)NC(c2ccccc2)c2ccccc2)CC1. The number of benzene rings is 3. The van der Waals surface area contributed by atoms with Gasteiger partial charge in [0.25, 0.3) is 0 Å². The van der Waals surface area contributed by atoms with Crippen LogP contribution < -0.4 is 5.32 Å². The van der Waals surface area contributed by atoms with Crippen molar-refractivity contribution in [1.82, 2.24) is 10.2 Å². The van der Waals surface area contributed by atoms with Crippen molar-refractivity contribution in [3.05, 3.63) is 107 Å². The van der Waals surface area contributed by atoms with E-state index in [1.54, 1.807) is 0 Å². The van der Waals surface area contributed by atoms with E-state index < -0.39 is 0 Å². The molecule has 0 atom stereocenters. The summed E-state index contributed by atoms with van der Waals surface area (Å²) in [5.74, 6) is 0.247. The summed E-state index contributed by atoms with van der Waals surface area (Å²) in [4.78, 5) is 15.6. The van der Waals surface area contributed by atoms with E-state index in [0.717, 1.165) is 43.6 Å². The summed E-state index contributed by atoms with van der Waals surface area (Å²) >= 11 is 0. The number of piperidine rings is 1. The number of carbonyl (C=O) groups excluding carboxylic acids is 1. The number of nitrogens with zero attached hydrogens (tertiary/aromatic N) is 1. The first-order valence-electron chi connectivity index (χ1n) is 10.9. The maximum atomic E-state index is 13.1. The van der Waals surface area contributed by atoms with Crippen molar-refractivity contribution in [2.24, 2.45) is 5.92 Å². The molecule has 0 unspecified atom stereocenters. The van der Waals surface area contributed by atoms with Crippen LogP contribution in [0.1, 0.15) is 41.1 Å². The Hall–Kier alpha value is -2.91. The van der Waals surface area contributed by atoms with E-state index >= 15 is 0 Å². The lowest BCUT2D eigenvalue weighted by Crippen LogP contribution is -2.41. The van der Waals surface area contributed by atoms with Gasteiger partial charge in [0.05, 0.1) is 6.04 Å². The number of likely N-dealkylation sites (tertiary alicyclic amines) is 1. The van der Waals surface area contributed by atoms with Gasteiger partial charge in [0.1, 0.15) is 0 Å². The molecule has 1 amide bonds. The Labute approximate surface area is 179 Å². The monoisotopic (exact) mass is 398 g/mol. The Morgan fingerprint density at radius 3 is 1.97 bits per heavy atom. The van der Waals surface area contributed by atoms with Crippen molar-refractivity contribution in [3.63, 3.8) is 0 Å². The molecule has 3 aromatic rings. The van der Waals surface area contributed by atoms with Crippen LogP contribution in [0.4, 0.5) is 0 Å². The molecule has 154 valence electrons. The first-order valence-corrected chi connectivity index (χ1v) is 10.9. The van der Waals surface area contributed by atoms with Crippen LogP contribution in [0.25, 0.3) is 0 Å². The van der Waals surface area contributed by atoms with E-state index in [1.165, 1.54) is 11.1 Å². The fraction of sp³-hybridized carbons (Fsp3) is 0.296. The quantitative estimate of drug-likeness (QED) is 0.626. The first kappa shape index (κ1) is 20.4. The van der Waals surface area contributed by atoms with E-state index in [9.17, 15) is 4.79 Å². The molecule has 0 radical (unpaired) electrons. The lowest BCUT2D eigenvalue weighted by atomic mass is 9.93. The number of carbonyl (C=O) groups is 1. The third kappa shape index (κ3) is 4.98. The Balaban J connectivity index is 1.39. The topological polar surface area (TPSA) is 32.3 Å². The molecule has 1 heterocycles. The summed E-state index contributed by atoms with van der Waals surface area (Å²) in [7, 11) is 0. The zero-order valence-electron chi connectivity index (χ0n) is 17.6. The Morgan fingerprint density at radius 2 is 1.40 bits per heavy atom. The van der Waals surface area contributed by atoms with Gasteiger partial charge in [-0.3, -0.25) is 9.69 Å². The first-order chi connectivity index (χ1) is 14.7. The van der Waals surface area contributed by atoms with Crippen LogP contribution in [-0.4, -0.2) is 23.9 Å². The molecule has 0 aliphatic carbocycles. The van der Waals surface area contributed by atoms with Crippen LogP contribution in [0.15, 0.2) is 84.9 Å². The Kier molecular flexibility index (Phi) is 6.60. The molecule has 0 bridgehead atoms. The number of nitrogens with one attached hydrogen (secondary N) is 1. The fourth-order valence-corrected chi connectivity index (χ4v) is 4.29. The van der Waals surface area contributed by atoms with Gasteiger partial charge < -0.3 is 5.32 Å². The average molecular weight is 399 g/mol. The number of hydrogen-bond acceptors (Lipinski definition) is 2. The van der Waals surface area contributed by atoms with Crippen molar-refractivity contribution in [3.8, 4) is 0 Å². The van der Waals surface area contributed by atoms with Crippen LogP contribution >= 0.6 is 0 Å². The van der Waals surface area contributed by atoms with Gasteiger partial charge in [0, 0.05) is 12.5 Å². The van der Waals surface area contributed by atoms with Crippen LogP contribution in [0, 0.1) is 12.8 Å². The van der Waals surface area contributed by atoms with Crippen molar-refractivity contribution < 1.29 is 4.79 Å². The molecule has 1 aliphatic heterocycles. The average Bonchev–Trinajstić information content (AvgIpc) is 2.80. The van der Waals surface area contributed by atoms with Crippen LogP contribution in [0.3, 0.4) is 0 Å². The van der Waals surface area contributed by atoms with Crippen LogP contribution in [-0.2, 0) is 11.3 Å². The van der Waals surface area contributed by atoms with Crippen LogP contribution in [0.5, 0.6) is 0 Å². The molecule has 3 heteroatoms. The largest absolute Gasteiger partial charge is 0.345 e. The number of hydrogen-bond donors (Lipinski definition) is 1. The maximum absolute atomic E-state index is 13.1. The number of rotatable bonds is 6. The standard InChI is InChI=1S/C27H30N2O/c1-21-10-8-9-15-25(21)20-29-18-16-24(17-19-29)27(30)28-26(22-11-4-2-5-12-22)23-13-6-3-7-14-23/h2-15,24,26H,16-20H2,1H3,(H,28,30). The summed E-state index contributed by atoms with van der Waals surface area (Å²) in [6, 6.07) is 28.9. The van der Waals surface area contributed by atoms with Gasteiger partial charge in [-0.1, -0.05) is 84.9 Å². The van der Waals surface area contributed by atoms with Gasteiger partial charge in [-0.2, -0.15) is 0 Å². The molecule has 0 aromatic heterocycles. The molecular formula is C27H30N2O. The second kappa shape index (κ2) is 9.73. The Morgan fingerprint density at radius 1 is 0.867 bits per heavy atom. The molecule has 1 N–H and O–H groups in total. The van der Waals surface area contributed by atoms with Gasteiger partial charge in [0.15, 0.2) is 0 Å². The zero-order valence-corrected chi connectivity index (χ0v) is 17.6. The van der Waals surface area contributed by atoms with Crippen LogP contribution in [0.2, 0.25) is 0 Å². The number of amides is 1. The lowest BCUT2D eigenvalue weighted by Gasteiger charge is -2.32. The third-order valence-corrected chi connectivity index (χ3v) is 6.17. The normalized spacial score (nSPS) is 15.3. The zero-order chi connectivity index (χ0) is 20.8. The molecule has 1 aliphatic rings. The molecule has 4 rings (SSSR count). The van der Waals surface area contributed by atoms with E-state index in [2.05, 4.69) is 65.7 Å². The molecule has 3 nitrogen and oxygen atoms in total. The van der Waals surface area contributed by atoms with E-state index in [1.807, 2.05) is 36.4 Å². The van der Waals surface area contributed by atoms with Crippen molar-refractivity contribution in [2.45, 2.75) is 32.4 Å². The molecular weight excluding hydrogens is 368 g/mol. The fourth-order valence-electron chi connectivity index (χ4n) is 4.29. The highest BCUT2D eigenvalue weighted by molar-refractivity contribution is 5.79. The predicted molar refractivity (Wildman–Crippen MR) is 122 cm³/mol. The lowest BCUT2D eigenvalue weighted by molar-refractivity contribution is -0.127. The second-order valence-electron chi connectivity index (χ2n) is 8.24. The Bertz CT molecular complexity index is 907. The van der Waals surface area contributed by atoms with E-state index in [-0.39, 0.29) is 17.9 Å². The van der Waals surface area contributed by atoms with Gasteiger partial charge in [-0.25, -0.2) is 0 Å². The molecule has 0 saturated carbocycles. The predicted octanol–water partition coefficient (Wildman–Crippen LogP) is 5.11. The third-order valence-electron chi connectivity index (χ3n) is 6.17. The summed E-state index contributed by atoms with van der Waals surface area (Å²) in [6.45, 7) is 5.07. The van der Waals surface area contributed by atoms with Crippen molar-refractivity contribution in [1.29, 1.82) is 0 Å². The van der Waals surface area contributed by atoms with Gasteiger partial charge in [-0.05, 0) is 55.1 Å². The highest BCUT2D eigenvalue weighted by atomic mass is 16.1. The van der Waals surface area contributed by atoms with Gasteiger partial charge in [0.2, 0.25) is 5.91 Å². The highest BCUT2D eigenvalue weighted by Crippen LogP contribution is 2.25. The second-order valence-corrected chi connectivity index (χ2v) is 8.24. The molecule has 30 heavy (non-hydrogen) atoms. The van der Waals surface area contributed by atoms with E-state index in [0.29, 0.717) is 0 Å². The van der Waals surface area contributed by atoms with Gasteiger partial charge >= 0.3 is 0 Å². The minimum Gasteiger partial charge on any atom is -0.345 e. The molecule has 1 saturated heterocycles.